The second-order valence-electron chi connectivity index (χ2n) is 6.43. The molecule has 1 aromatic heterocycles. The molecule has 0 amide bonds. The van der Waals surface area contributed by atoms with E-state index >= 15 is 0 Å². The molecule has 122 valence electrons. The van der Waals surface area contributed by atoms with Crippen molar-refractivity contribution in [3.63, 3.8) is 0 Å². The van der Waals surface area contributed by atoms with E-state index in [1.807, 2.05) is 34.6 Å². The lowest BCUT2D eigenvalue weighted by molar-refractivity contribution is -0.0744. The molecule has 0 saturated carbocycles. The molecule has 0 unspecified atom stereocenters. The summed E-state index contributed by atoms with van der Waals surface area (Å²) in [4.78, 5) is 29.8. The minimum absolute atomic E-state index is 0.00781. The van der Waals surface area contributed by atoms with Crippen LogP contribution in [0.3, 0.4) is 0 Å². The second-order valence-corrected chi connectivity index (χ2v) is 6.43. The standard InChI is InChI=1S/C17H26N2O3/c1-9-7-19(8-10(2)22-9)13(5)17(21)16-11(3)15(14(6)20)12(4)18-16/h9-10,13,18H,7-8H2,1-6H3/t9-,10-,13-/m1/s1. The normalized spacial score (nSPS) is 24.3. The van der Waals surface area contributed by atoms with Gasteiger partial charge >= 0.3 is 0 Å². The van der Waals surface area contributed by atoms with E-state index in [1.54, 1.807) is 0 Å². The number of carbonyl (C=O) groups is 2. The first-order valence-corrected chi connectivity index (χ1v) is 7.86. The van der Waals surface area contributed by atoms with Crippen molar-refractivity contribution in [2.45, 2.75) is 59.8 Å². The van der Waals surface area contributed by atoms with Gasteiger partial charge in [-0.1, -0.05) is 0 Å². The first-order chi connectivity index (χ1) is 10.2. The highest BCUT2D eigenvalue weighted by Gasteiger charge is 2.31. The summed E-state index contributed by atoms with van der Waals surface area (Å²) < 4.78 is 5.72. The van der Waals surface area contributed by atoms with Crippen molar-refractivity contribution in [2.75, 3.05) is 13.1 Å². The summed E-state index contributed by atoms with van der Waals surface area (Å²) in [5.41, 5.74) is 2.72. The third-order valence-electron chi connectivity index (χ3n) is 4.41. The number of hydrogen-bond donors (Lipinski definition) is 1. The number of nitrogens with zero attached hydrogens (tertiary/aromatic N) is 1. The minimum Gasteiger partial charge on any atom is -0.373 e. The zero-order chi connectivity index (χ0) is 16.6. The van der Waals surface area contributed by atoms with Crippen LogP contribution in [0, 0.1) is 13.8 Å². The summed E-state index contributed by atoms with van der Waals surface area (Å²) in [6, 6.07) is -0.231. The van der Waals surface area contributed by atoms with Crippen LogP contribution in [0.4, 0.5) is 0 Å². The Balaban J connectivity index is 2.24. The van der Waals surface area contributed by atoms with E-state index in [4.69, 9.17) is 4.74 Å². The Hall–Kier alpha value is -1.46. The van der Waals surface area contributed by atoms with E-state index in [-0.39, 0.29) is 29.8 Å². The van der Waals surface area contributed by atoms with Gasteiger partial charge in [-0.25, -0.2) is 0 Å². The van der Waals surface area contributed by atoms with Gasteiger partial charge in [0.1, 0.15) is 0 Å². The van der Waals surface area contributed by atoms with Crippen LogP contribution >= 0.6 is 0 Å². The smallest absolute Gasteiger partial charge is 0.196 e. The zero-order valence-electron chi connectivity index (χ0n) is 14.3. The van der Waals surface area contributed by atoms with E-state index in [2.05, 4.69) is 9.88 Å². The molecule has 2 rings (SSSR count). The number of aromatic amines is 1. The number of nitrogens with one attached hydrogen (secondary N) is 1. The fourth-order valence-corrected chi connectivity index (χ4v) is 3.43. The summed E-state index contributed by atoms with van der Waals surface area (Å²) >= 11 is 0. The van der Waals surface area contributed by atoms with Crippen molar-refractivity contribution in [1.82, 2.24) is 9.88 Å². The molecule has 1 N–H and O–H groups in total. The van der Waals surface area contributed by atoms with Gasteiger partial charge in [0.2, 0.25) is 0 Å². The number of ether oxygens (including phenoxy) is 1. The molecule has 5 heteroatoms. The highest BCUT2D eigenvalue weighted by molar-refractivity contribution is 6.05. The number of aromatic nitrogens is 1. The van der Waals surface area contributed by atoms with Crippen molar-refractivity contribution < 1.29 is 14.3 Å². The van der Waals surface area contributed by atoms with E-state index in [1.165, 1.54) is 6.92 Å². The van der Waals surface area contributed by atoms with Crippen LogP contribution < -0.4 is 0 Å². The van der Waals surface area contributed by atoms with E-state index in [0.717, 1.165) is 24.3 Å². The molecule has 0 radical (unpaired) electrons. The monoisotopic (exact) mass is 306 g/mol. The molecule has 0 spiro atoms. The van der Waals surface area contributed by atoms with Gasteiger partial charge in [0, 0.05) is 24.3 Å². The van der Waals surface area contributed by atoms with Gasteiger partial charge in [0.15, 0.2) is 11.6 Å². The van der Waals surface area contributed by atoms with E-state index < -0.39 is 0 Å². The predicted octanol–water partition coefficient (Wildman–Crippen LogP) is 2.51. The first-order valence-electron chi connectivity index (χ1n) is 7.86. The summed E-state index contributed by atoms with van der Waals surface area (Å²) in [6.07, 6.45) is 0.247. The maximum Gasteiger partial charge on any atom is 0.196 e. The van der Waals surface area contributed by atoms with Crippen molar-refractivity contribution in [3.05, 3.63) is 22.5 Å². The van der Waals surface area contributed by atoms with Crippen molar-refractivity contribution in [1.29, 1.82) is 0 Å². The predicted molar refractivity (Wildman–Crippen MR) is 85.6 cm³/mol. The third-order valence-corrected chi connectivity index (χ3v) is 4.41. The Bertz CT molecular complexity index is 581. The largest absolute Gasteiger partial charge is 0.373 e. The van der Waals surface area contributed by atoms with Gasteiger partial charge in [-0.3, -0.25) is 14.5 Å². The first kappa shape index (κ1) is 16.9. The average molecular weight is 306 g/mol. The molecule has 1 aliphatic rings. The van der Waals surface area contributed by atoms with Crippen LogP contribution in [0.25, 0.3) is 0 Å². The van der Waals surface area contributed by atoms with Gasteiger partial charge in [0.05, 0.1) is 23.9 Å². The van der Waals surface area contributed by atoms with Gasteiger partial charge in [-0.05, 0) is 47.1 Å². The van der Waals surface area contributed by atoms with Gasteiger partial charge in [-0.15, -0.1) is 0 Å². The maximum atomic E-state index is 12.8. The molecule has 1 aliphatic heterocycles. The molecule has 1 saturated heterocycles. The minimum atomic E-state index is -0.231. The van der Waals surface area contributed by atoms with Crippen LogP contribution in [-0.2, 0) is 4.74 Å². The van der Waals surface area contributed by atoms with Crippen molar-refractivity contribution in [2.24, 2.45) is 0 Å². The molecular weight excluding hydrogens is 280 g/mol. The van der Waals surface area contributed by atoms with Gasteiger partial charge in [0.25, 0.3) is 0 Å². The maximum absolute atomic E-state index is 12.8. The highest BCUT2D eigenvalue weighted by Crippen LogP contribution is 2.22. The van der Waals surface area contributed by atoms with Crippen LogP contribution in [0.1, 0.15) is 59.8 Å². The number of aryl methyl sites for hydroxylation is 1. The Kier molecular flexibility index (Phi) is 4.87. The number of rotatable bonds is 4. The fourth-order valence-electron chi connectivity index (χ4n) is 3.43. The lowest BCUT2D eigenvalue weighted by Crippen LogP contribution is -2.51. The van der Waals surface area contributed by atoms with E-state index in [9.17, 15) is 9.59 Å². The molecular formula is C17H26N2O3. The number of Topliss-reactive ketones (excluding diaryl/α,β-unsaturated/α-hetero) is 2. The molecule has 2 heterocycles. The Morgan fingerprint density at radius 2 is 1.77 bits per heavy atom. The van der Waals surface area contributed by atoms with Crippen LogP contribution in [0.5, 0.6) is 0 Å². The zero-order valence-corrected chi connectivity index (χ0v) is 14.3. The van der Waals surface area contributed by atoms with E-state index in [0.29, 0.717) is 11.3 Å². The van der Waals surface area contributed by atoms with Crippen LogP contribution in [0.15, 0.2) is 0 Å². The Morgan fingerprint density at radius 3 is 2.23 bits per heavy atom. The molecule has 1 fully saturated rings. The second kappa shape index (κ2) is 6.34. The Labute approximate surface area is 132 Å². The quantitative estimate of drug-likeness (QED) is 0.868. The van der Waals surface area contributed by atoms with Crippen molar-refractivity contribution >= 4 is 11.6 Å². The Morgan fingerprint density at radius 1 is 1.23 bits per heavy atom. The summed E-state index contributed by atoms with van der Waals surface area (Å²) in [7, 11) is 0. The number of morpholine rings is 1. The molecule has 0 aromatic carbocycles. The summed E-state index contributed by atoms with van der Waals surface area (Å²) in [5, 5.41) is 0. The SMILES string of the molecule is CC(=O)c1c(C)[nH]c(C(=O)[C@@H](C)N2C[C@@H](C)O[C@H](C)C2)c1C. The van der Waals surface area contributed by atoms with Gasteiger partial charge < -0.3 is 9.72 Å². The number of H-pyrrole nitrogens is 1. The fraction of sp³-hybridized carbons (Fsp3) is 0.647. The molecule has 5 nitrogen and oxygen atoms in total. The number of hydrogen-bond acceptors (Lipinski definition) is 4. The molecule has 0 bridgehead atoms. The number of ketones is 2. The lowest BCUT2D eigenvalue weighted by Gasteiger charge is -2.38. The average Bonchev–Trinajstić information content (AvgIpc) is 2.71. The lowest BCUT2D eigenvalue weighted by atomic mass is 10.0. The summed E-state index contributed by atoms with van der Waals surface area (Å²) in [6.45, 7) is 12.7. The molecule has 3 atom stereocenters. The third kappa shape index (κ3) is 3.15. The number of carbonyl (C=O) groups excluding carboxylic acids is 2. The van der Waals surface area contributed by atoms with Gasteiger partial charge in [-0.2, -0.15) is 0 Å². The van der Waals surface area contributed by atoms with Crippen LogP contribution in [-0.4, -0.2) is 52.8 Å². The highest BCUT2D eigenvalue weighted by atomic mass is 16.5. The molecule has 22 heavy (non-hydrogen) atoms. The van der Waals surface area contributed by atoms with Crippen molar-refractivity contribution in [3.8, 4) is 0 Å². The topological polar surface area (TPSA) is 62.4 Å². The molecule has 1 aromatic rings. The molecule has 0 aliphatic carbocycles. The van der Waals surface area contributed by atoms with Crippen LogP contribution in [0.2, 0.25) is 0 Å². The summed E-state index contributed by atoms with van der Waals surface area (Å²) in [5.74, 6) is 0.0287.